The molecule has 0 aliphatic heterocycles. The molecule has 0 N–H and O–H groups in total. The average Bonchev–Trinajstić information content (AvgIpc) is 2.80. The van der Waals surface area contributed by atoms with Crippen LogP contribution in [-0.4, -0.2) is 14.5 Å². The summed E-state index contributed by atoms with van der Waals surface area (Å²) < 4.78 is 2.33. The van der Waals surface area contributed by atoms with Gasteiger partial charge in [-0.2, -0.15) is 0 Å². The molecule has 1 saturated carbocycles. The second kappa shape index (κ2) is 5.60. The molecule has 114 valence electrons. The molecule has 0 radical (unpaired) electrons. The zero-order valence-electron chi connectivity index (χ0n) is 13.3. The highest BCUT2D eigenvalue weighted by Gasteiger charge is 2.32. The fraction of sp³-hybridized carbons (Fsp3) is 0.647. The van der Waals surface area contributed by atoms with Crippen LogP contribution in [0.4, 0.5) is 0 Å². The Labute approximate surface area is 131 Å². The zero-order chi connectivity index (χ0) is 15.1. The van der Waals surface area contributed by atoms with Crippen LogP contribution in [0.15, 0.2) is 12.1 Å². The van der Waals surface area contributed by atoms with Crippen LogP contribution in [0.3, 0.4) is 0 Å². The van der Waals surface area contributed by atoms with E-state index in [1.807, 2.05) is 19.9 Å². The van der Waals surface area contributed by atoms with Gasteiger partial charge in [0, 0.05) is 11.7 Å². The Balaban J connectivity index is 2.18. The molecule has 21 heavy (non-hydrogen) atoms. The number of aromatic nitrogens is 3. The lowest BCUT2D eigenvalue weighted by atomic mass is 9.78. The second-order valence-corrected chi connectivity index (χ2v) is 7.24. The molecule has 2 aromatic heterocycles. The van der Waals surface area contributed by atoms with Gasteiger partial charge < -0.3 is 4.57 Å². The topological polar surface area (TPSA) is 30.7 Å². The summed E-state index contributed by atoms with van der Waals surface area (Å²) in [5.41, 5.74) is 3.01. The van der Waals surface area contributed by atoms with Crippen molar-refractivity contribution in [2.45, 2.75) is 58.4 Å². The van der Waals surface area contributed by atoms with Gasteiger partial charge >= 0.3 is 0 Å². The lowest BCUT2D eigenvalue weighted by molar-refractivity contribution is 0.186. The van der Waals surface area contributed by atoms with Crippen molar-refractivity contribution >= 4 is 22.8 Å². The number of pyridine rings is 1. The van der Waals surface area contributed by atoms with Crippen LogP contribution in [0, 0.1) is 18.8 Å². The molecule has 0 bridgehead atoms. The first kappa shape index (κ1) is 14.8. The molecule has 3 rings (SSSR count). The van der Waals surface area contributed by atoms with E-state index in [2.05, 4.69) is 24.5 Å². The Bertz CT molecular complexity index is 647. The van der Waals surface area contributed by atoms with Crippen LogP contribution in [0.5, 0.6) is 0 Å². The van der Waals surface area contributed by atoms with Gasteiger partial charge in [0.15, 0.2) is 5.65 Å². The van der Waals surface area contributed by atoms with E-state index in [0.29, 0.717) is 12.0 Å². The summed E-state index contributed by atoms with van der Waals surface area (Å²) in [6.07, 6.45) is 3.80. The van der Waals surface area contributed by atoms with Gasteiger partial charge in [-0.15, -0.1) is 11.6 Å². The van der Waals surface area contributed by atoms with Gasteiger partial charge in [0.2, 0.25) is 0 Å². The number of hydrogen-bond acceptors (Lipinski definition) is 2. The molecule has 0 saturated heterocycles. The third kappa shape index (κ3) is 2.57. The van der Waals surface area contributed by atoms with Gasteiger partial charge in [-0.05, 0) is 44.2 Å². The maximum Gasteiger partial charge on any atom is 0.160 e. The molecule has 1 fully saturated rings. The molecule has 1 aliphatic carbocycles. The Hall–Kier alpha value is -1.09. The van der Waals surface area contributed by atoms with Gasteiger partial charge in [-0.1, -0.05) is 26.7 Å². The molecule has 4 heteroatoms. The standard InChI is InChI=1S/C17H24ClN3/c1-10-6-5-7-15(12(10)3)21-16(13(4)18)20-14-9-8-11(2)19-17(14)21/h8-10,12-13,15H,5-7H2,1-4H3. The van der Waals surface area contributed by atoms with Gasteiger partial charge in [0.05, 0.1) is 5.38 Å². The summed E-state index contributed by atoms with van der Waals surface area (Å²) in [7, 11) is 0. The number of aryl methyl sites for hydroxylation is 1. The highest BCUT2D eigenvalue weighted by atomic mass is 35.5. The van der Waals surface area contributed by atoms with Crippen LogP contribution in [0.25, 0.3) is 11.2 Å². The van der Waals surface area contributed by atoms with E-state index < -0.39 is 0 Å². The molecule has 2 aromatic rings. The Morgan fingerprint density at radius 2 is 2.00 bits per heavy atom. The number of alkyl halides is 1. The molecule has 4 unspecified atom stereocenters. The van der Waals surface area contributed by atoms with Crippen LogP contribution in [0.2, 0.25) is 0 Å². The minimum absolute atomic E-state index is 0.0936. The molecule has 0 aromatic carbocycles. The molecule has 2 heterocycles. The van der Waals surface area contributed by atoms with Gasteiger partial charge in [-0.25, -0.2) is 9.97 Å². The molecule has 1 aliphatic rings. The number of fused-ring (bicyclic) bond motifs is 1. The van der Waals surface area contributed by atoms with Crippen molar-refractivity contribution in [1.82, 2.24) is 14.5 Å². The Morgan fingerprint density at radius 1 is 1.24 bits per heavy atom. The minimum atomic E-state index is -0.0936. The van der Waals surface area contributed by atoms with Crippen molar-refractivity contribution in [2.75, 3.05) is 0 Å². The number of hydrogen-bond donors (Lipinski definition) is 0. The number of imidazole rings is 1. The summed E-state index contributed by atoms with van der Waals surface area (Å²) in [6.45, 7) is 8.76. The van der Waals surface area contributed by atoms with Crippen LogP contribution in [0.1, 0.15) is 63.0 Å². The van der Waals surface area contributed by atoms with E-state index in [-0.39, 0.29) is 5.38 Å². The predicted octanol–water partition coefficient (Wildman–Crippen LogP) is 5.04. The van der Waals surface area contributed by atoms with E-state index in [0.717, 1.165) is 28.6 Å². The van der Waals surface area contributed by atoms with Gasteiger partial charge in [0.1, 0.15) is 11.3 Å². The number of rotatable bonds is 2. The maximum atomic E-state index is 6.41. The highest BCUT2D eigenvalue weighted by molar-refractivity contribution is 6.20. The number of halogens is 1. The highest BCUT2D eigenvalue weighted by Crippen LogP contribution is 2.41. The monoisotopic (exact) mass is 305 g/mol. The van der Waals surface area contributed by atoms with Crippen LogP contribution < -0.4 is 0 Å². The van der Waals surface area contributed by atoms with Crippen molar-refractivity contribution in [3.05, 3.63) is 23.7 Å². The molecular weight excluding hydrogens is 282 g/mol. The lowest BCUT2D eigenvalue weighted by Crippen LogP contribution is -2.28. The fourth-order valence-electron chi connectivity index (χ4n) is 3.61. The third-order valence-electron chi connectivity index (χ3n) is 5.06. The fourth-order valence-corrected chi connectivity index (χ4v) is 3.77. The lowest BCUT2D eigenvalue weighted by Gasteiger charge is -2.36. The summed E-state index contributed by atoms with van der Waals surface area (Å²) in [4.78, 5) is 9.51. The van der Waals surface area contributed by atoms with E-state index in [9.17, 15) is 0 Å². The zero-order valence-corrected chi connectivity index (χ0v) is 14.1. The molecule has 3 nitrogen and oxygen atoms in total. The minimum Gasteiger partial charge on any atom is -0.308 e. The SMILES string of the molecule is Cc1ccc2nc(C(C)Cl)n(C3CCCC(C)C3C)c2n1. The second-order valence-electron chi connectivity index (χ2n) is 6.59. The molecular formula is C17H24ClN3. The Morgan fingerprint density at radius 3 is 2.71 bits per heavy atom. The van der Waals surface area contributed by atoms with E-state index in [1.165, 1.54) is 19.3 Å². The summed E-state index contributed by atoms with van der Waals surface area (Å²) in [5, 5.41) is -0.0936. The first-order chi connectivity index (χ1) is 9.99. The van der Waals surface area contributed by atoms with Crippen LogP contribution in [-0.2, 0) is 0 Å². The smallest absolute Gasteiger partial charge is 0.160 e. The third-order valence-corrected chi connectivity index (χ3v) is 5.25. The van der Waals surface area contributed by atoms with Crippen molar-refractivity contribution < 1.29 is 0 Å². The van der Waals surface area contributed by atoms with E-state index >= 15 is 0 Å². The van der Waals surface area contributed by atoms with Crippen molar-refractivity contribution in [2.24, 2.45) is 11.8 Å². The van der Waals surface area contributed by atoms with Crippen molar-refractivity contribution in [3.63, 3.8) is 0 Å². The van der Waals surface area contributed by atoms with Crippen molar-refractivity contribution in [3.8, 4) is 0 Å². The van der Waals surface area contributed by atoms with E-state index in [4.69, 9.17) is 21.6 Å². The summed E-state index contributed by atoms with van der Waals surface area (Å²) in [6, 6.07) is 4.55. The maximum absolute atomic E-state index is 6.41. The summed E-state index contributed by atoms with van der Waals surface area (Å²) >= 11 is 6.41. The normalized spacial score (nSPS) is 28.0. The average molecular weight is 306 g/mol. The number of nitrogens with zero attached hydrogens (tertiary/aromatic N) is 3. The van der Waals surface area contributed by atoms with Gasteiger partial charge in [-0.3, -0.25) is 0 Å². The van der Waals surface area contributed by atoms with Gasteiger partial charge in [0.25, 0.3) is 0 Å². The molecule has 4 atom stereocenters. The predicted molar refractivity (Wildman–Crippen MR) is 87.7 cm³/mol. The summed E-state index contributed by atoms with van der Waals surface area (Å²) in [5.74, 6) is 2.34. The first-order valence-electron chi connectivity index (χ1n) is 7.98. The molecule has 0 spiro atoms. The van der Waals surface area contributed by atoms with Crippen molar-refractivity contribution in [1.29, 1.82) is 0 Å². The Kier molecular flexibility index (Phi) is 3.96. The molecule has 0 amide bonds. The first-order valence-corrected chi connectivity index (χ1v) is 8.42. The quantitative estimate of drug-likeness (QED) is 0.728. The van der Waals surface area contributed by atoms with E-state index in [1.54, 1.807) is 0 Å². The largest absolute Gasteiger partial charge is 0.308 e. The van der Waals surface area contributed by atoms with Crippen LogP contribution >= 0.6 is 11.6 Å².